The molecule has 3 heteroatoms. The molecule has 0 amide bonds. The molecular weight excluding hydrogens is 226 g/mol. The summed E-state index contributed by atoms with van der Waals surface area (Å²) in [6.07, 6.45) is 3.28. The van der Waals surface area contributed by atoms with Gasteiger partial charge in [0.15, 0.2) is 11.5 Å². The zero-order chi connectivity index (χ0) is 13.3. The minimum absolute atomic E-state index is 0.158. The van der Waals surface area contributed by atoms with E-state index in [0.29, 0.717) is 0 Å². The topological polar surface area (TPSA) is 44.5 Å². The molecule has 2 rings (SSSR count). The molecule has 1 saturated carbocycles. The Balaban J connectivity index is 2.55. The number of rotatable bonds is 5. The van der Waals surface area contributed by atoms with Crippen LogP contribution in [0.2, 0.25) is 0 Å². The molecule has 1 aromatic rings. The normalized spacial score (nSPS) is 18.3. The molecule has 1 unspecified atom stereocenters. The van der Waals surface area contributed by atoms with E-state index in [1.54, 1.807) is 14.2 Å². The highest BCUT2D eigenvalue weighted by Gasteiger charge is 2.48. The Kier molecular flexibility index (Phi) is 3.53. The largest absolute Gasteiger partial charge is 0.493 e. The molecule has 1 fully saturated rings. The zero-order valence-electron chi connectivity index (χ0n) is 11.7. The summed E-state index contributed by atoms with van der Waals surface area (Å²) in [5.74, 6) is 1.67. The second-order valence-corrected chi connectivity index (χ2v) is 5.13. The van der Waals surface area contributed by atoms with Crippen LogP contribution in [-0.4, -0.2) is 20.3 Å². The van der Waals surface area contributed by atoms with Crippen molar-refractivity contribution in [2.24, 2.45) is 5.73 Å². The molecule has 18 heavy (non-hydrogen) atoms. The molecule has 1 atom stereocenters. The minimum atomic E-state index is 0.158. The SMILES string of the molecule is CCc1c(C2(C(C)N)CC2)ccc(OC)c1OC. The van der Waals surface area contributed by atoms with Crippen LogP contribution in [0.4, 0.5) is 0 Å². The standard InChI is InChI=1S/C15H23NO2/c1-5-11-12(15(8-9-15)10(2)16)6-7-13(17-3)14(11)18-4/h6-7,10H,5,8-9,16H2,1-4H3. The summed E-state index contributed by atoms with van der Waals surface area (Å²) in [7, 11) is 3.38. The molecule has 1 aromatic carbocycles. The van der Waals surface area contributed by atoms with Crippen LogP contribution in [-0.2, 0) is 11.8 Å². The molecule has 0 heterocycles. The maximum Gasteiger partial charge on any atom is 0.164 e. The van der Waals surface area contributed by atoms with Gasteiger partial charge in [-0.3, -0.25) is 0 Å². The van der Waals surface area contributed by atoms with Crippen molar-refractivity contribution in [1.29, 1.82) is 0 Å². The number of benzene rings is 1. The van der Waals surface area contributed by atoms with Crippen molar-refractivity contribution in [3.63, 3.8) is 0 Å². The van der Waals surface area contributed by atoms with Gasteiger partial charge in [0.2, 0.25) is 0 Å². The first-order chi connectivity index (χ1) is 8.60. The lowest BCUT2D eigenvalue weighted by atomic mass is 9.84. The van der Waals surface area contributed by atoms with E-state index in [9.17, 15) is 0 Å². The lowest BCUT2D eigenvalue weighted by Gasteiger charge is -2.25. The van der Waals surface area contributed by atoms with Crippen molar-refractivity contribution in [1.82, 2.24) is 0 Å². The molecule has 1 aliphatic rings. The number of ether oxygens (including phenoxy) is 2. The number of hydrogen-bond donors (Lipinski definition) is 1. The summed E-state index contributed by atoms with van der Waals surface area (Å²) in [6.45, 7) is 4.25. The number of hydrogen-bond acceptors (Lipinski definition) is 3. The quantitative estimate of drug-likeness (QED) is 0.872. The first-order valence-corrected chi connectivity index (χ1v) is 6.60. The van der Waals surface area contributed by atoms with Gasteiger partial charge in [-0.05, 0) is 37.8 Å². The monoisotopic (exact) mass is 249 g/mol. The Morgan fingerprint density at radius 3 is 2.33 bits per heavy atom. The van der Waals surface area contributed by atoms with Crippen LogP contribution in [0.5, 0.6) is 11.5 Å². The van der Waals surface area contributed by atoms with Crippen molar-refractivity contribution in [2.75, 3.05) is 14.2 Å². The van der Waals surface area contributed by atoms with Crippen molar-refractivity contribution in [3.05, 3.63) is 23.3 Å². The van der Waals surface area contributed by atoms with E-state index < -0.39 is 0 Å². The van der Waals surface area contributed by atoms with Gasteiger partial charge >= 0.3 is 0 Å². The predicted octanol–water partition coefficient (Wildman–Crippen LogP) is 2.65. The van der Waals surface area contributed by atoms with Gasteiger partial charge in [-0.2, -0.15) is 0 Å². The Labute approximate surface area is 109 Å². The predicted molar refractivity (Wildman–Crippen MR) is 73.5 cm³/mol. The second-order valence-electron chi connectivity index (χ2n) is 5.13. The van der Waals surface area contributed by atoms with Crippen molar-refractivity contribution in [3.8, 4) is 11.5 Å². The molecular formula is C15H23NO2. The summed E-state index contributed by atoms with van der Waals surface area (Å²) in [6, 6.07) is 4.34. The molecule has 0 aliphatic heterocycles. The maximum atomic E-state index is 6.18. The van der Waals surface area contributed by atoms with Gasteiger partial charge in [0, 0.05) is 17.0 Å². The van der Waals surface area contributed by atoms with Gasteiger partial charge in [-0.15, -0.1) is 0 Å². The third-order valence-corrected chi connectivity index (χ3v) is 4.20. The summed E-state index contributed by atoms with van der Waals surface area (Å²) in [4.78, 5) is 0. The molecule has 0 spiro atoms. The van der Waals surface area contributed by atoms with Crippen LogP contribution in [0.1, 0.15) is 37.8 Å². The third kappa shape index (κ3) is 1.87. The van der Waals surface area contributed by atoms with Crippen LogP contribution < -0.4 is 15.2 Å². The lowest BCUT2D eigenvalue weighted by Crippen LogP contribution is -2.32. The Bertz CT molecular complexity index is 436. The van der Waals surface area contributed by atoms with E-state index in [2.05, 4.69) is 19.9 Å². The van der Waals surface area contributed by atoms with E-state index in [1.807, 2.05) is 6.07 Å². The zero-order valence-corrected chi connectivity index (χ0v) is 11.7. The summed E-state index contributed by atoms with van der Waals surface area (Å²) < 4.78 is 10.9. The molecule has 0 saturated heterocycles. The molecule has 3 nitrogen and oxygen atoms in total. The average molecular weight is 249 g/mol. The Hall–Kier alpha value is -1.22. The fourth-order valence-electron chi connectivity index (χ4n) is 2.91. The summed E-state index contributed by atoms with van der Waals surface area (Å²) in [5, 5.41) is 0. The van der Waals surface area contributed by atoms with Gasteiger partial charge < -0.3 is 15.2 Å². The molecule has 100 valence electrons. The Morgan fingerprint density at radius 2 is 1.94 bits per heavy atom. The van der Waals surface area contributed by atoms with Crippen LogP contribution in [0.3, 0.4) is 0 Å². The minimum Gasteiger partial charge on any atom is -0.493 e. The lowest BCUT2D eigenvalue weighted by molar-refractivity contribution is 0.350. The number of methoxy groups -OCH3 is 2. The fourth-order valence-corrected chi connectivity index (χ4v) is 2.91. The maximum absolute atomic E-state index is 6.18. The molecule has 2 N–H and O–H groups in total. The van der Waals surface area contributed by atoms with Crippen LogP contribution in [0.25, 0.3) is 0 Å². The molecule has 0 radical (unpaired) electrons. The highest BCUT2D eigenvalue weighted by molar-refractivity contribution is 5.55. The van der Waals surface area contributed by atoms with E-state index in [4.69, 9.17) is 15.2 Å². The van der Waals surface area contributed by atoms with Crippen LogP contribution >= 0.6 is 0 Å². The van der Waals surface area contributed by atoms with Crippen LogP contribution in [0, 0.1) is 0 Å². The van der Waals surface area contributed by atoms with Crippen molar-refractivity contribution >= 4 is 0 Å². The van der Waals surface area contributed by atoms with Gasteiger partial charge in [0.05, 0.1) is 14.2 Å². The summed E-state index contributed by atoms with van der Waals surface area (Å²) in [5.41, 5.74) is 8.92. The fraction of sp³-hybridized carbons (Fsp3) is 0.600. The first kappa shape index (κ1) is 13.2. The molecule has 1 aliphatic carbocycles. The first-order valence-electron chi connectivity index (χ1n) is 6.60. The highest BCUT2D eigenvalue weighted by Crippen LogP contribution is 2.53. The second kappa shape index (κ2) is 4.81. The van der Waals surface area contributed by atoms with Crippen LogP contribution in [0.15, 0.2) is 12.1 Å². The van der Waals surface area contributed by atoms with E-state index >= 15 is 0 Å². The third-order valence-electron chi connectivity index (χ3n) is 4.20. The Morgan fingerprint density at radius 1 is 1.28 bits per heavy atom. The van der Waals surface area contributed by atoms with Gasteiger partial charge in [-0.25, -0.2) is 0 Å². The van der Waals surface area contributed by atoms with Gasteiger partial charge in [0.1, 0.15) is 0 Å². The van der Waals surface area contributed by atoms with Crippen molar-refractivity contribution in [2.45, 2.75) is 44.6 Å². The highest BCUT2D eigenvalue weighted by atomic mass is 16.5. The van der Waals surface area contributed by atoms with E-state index in [0.717, 1.165) is 17.9 Å². The smallest absolute Gasteiger partial charge is 0.164 e. The number of nitrogens with two attached hydrogens (primary N) is 1. The molecule has 0 bridgehead atoms. The van der Waals surface area contributed by atoms with Gasteiger partial charge in [-0.1, -0.05) is 13.0 Å². The van der Waals surface area contributed by atoms with E-state index in [1.165, 1.54) is 24.0 Å². The van der Waals surface area contributed by atoms with E-state index in [-0.39, 0.29) is 11.5 Å². The molecule has 0 aromatic heterocycles. The average Bonchev–Trinajstić information content (AvgIpc) is 3.18. The van der Waals surface area contributed by atoms with Crippen molar-refractivity contribution < 1.29 is 9.47 Å². The van der Waals surface area contributed by atoms with Gasteiger partial charge in [0.25, 0.3) is 0 Å². The summed E-state index contributed by atoms with van der Waals surface area (Å²) >= 11 is 0.